The molecule has 0 fully saturated rings. The predicted molar refractivity (Wildman–Crippen MR) is 70.3 cm³/mol. The van der Waals surface area contributed by atoms with Gasteiger partial charge < -0.3 is 15.0 Å². The molecule has 0 aliphatic carbocycles. The van der Waals surface area contributed by atoms with Gasteiger partial charge in [-0.3, -0.25) is 3.93 Å². The van der Waals surface area contributed by atoms with Crippen molar-refractivity contribution in [2.45, 2.75) is 32.8 Å². The SMILES string of the molecule is CC(C)(C)OC(=O)NCCCN1C=CN(Br)C1. The number of nitrogens with zero attached hydrogens (tertiary/aromatic N) is 2. The number of carbonyl (C=O) groups is 1. The Morgan fingerprint density at radius 1 is 1.47 bits per heavy atom. The van der Waals surface area contributed by atoms with Crippen LogP contribution in [0.2, 0.25) is 0 Å². The second kappa shape index (κ2) is 6.14. The van der Waals surface area contributed by atoms with Crippen LogP contribution in [0.4, 0.5) is 4.79 Å². The molecule has 1 rings (SSSR count). The summed E-state index contributed by atoms with van der Waals surface area (Å²) in [6.45, 7) is 7.94. The van der Waals surface area contributed by atoms with Gasteiger partial charge in [0.05, 0.1) is 16.1 Å². The number of nitrogens with one attached hydrogen (secondary N) is 1. The molecule has 0 atom stereocenters. The molecule has 98 valence electrons. The fraction of sp³-hybridized carbons (Fsp3) is 0.727. The summed E-state index contributed by atoms with van der Waals surface area (Å²) in [6, 6.07) is 0. The van der Waals surface area contributed by atoms with Crippen molar-refractivity contribution < 1.29 is 9.53 Å². The minimum absolute atomic E-state index is 0.350. The second-order valence-electron chi connectivity index (χ2n) is 4.93. The van der Waals surface area contributed by atoms with E-state index < -0.39 is 5.60 Å². The van der Waals surface area contributed by atoms with Crippen LogP contribution in [0, 0.1) is 0 Å². The first kappa shape index (κ1) is 14.2. The van der Waals surface area contributed by atoms with E-state index in [-0.39, 0.29) is 6.09 Å². The molecule has 0 aromatic rings. The Morgan fingerprint density at radius 3 is 2.71 bits per heavy atom. The highest BCUT2D eigenvalue weighted by molar-refractivity contribution is 9.07. The first-order chi connectivity index (χ1) is 7.87. The van der Waals surface area contributed by atoms with Gasteiger partial charge in [-0.25, -0.2) is 4.79 Å². The van der Waals surface area contributed by atoms with Crippen LogP contribution in [0.3, 0.4) is 0 Å². The Kier molecular flexibility index (Phi) is 5.11. The van der Waals surface area contributed by atoms with Gasteiger partial charge in [0.15, 0.2) is 0 Å². The van der Waals surface area contributed by atoms with Crippen molar-refractivity contribution in [1.82, 2.24) is 14.1 Å². The lowest BCUT2D eigenvalue weighted by Crippen LogP contribution is -2.34. The molecule has 0 aromatic carbocycles. The molecule has 5 nitrogen and oxygen atoms in total. The lowest BCUT2D eigenvalue weighted by molar-refractivity contribution is 0.0526. The summed E-state index contributed by atoms with van der Waals surface area (Å²) in [7, 11) is 0. The third-order valence-corrected chi connectivity index (χ3v) is 2.51. The van der Waals surface area contributed by atoms with Crippen LogP contribution in [0.25, 0.3) is 0 Å². The van der Waals surface area contributed by atoms with Gasteiger partial charge in [0.25, 0.3) is 0 Å². The summed E-state index contributed by atoms with van der Waals surface area (Å²) >= 11 is 3.36. The minimum Gasteiger partial charge on any atom is -0.444 e. The third kappa shape index (κ3) is 6.41. The van der Waals surface area contributed by atoms with Crippen LogP contribution < -0.4 is 5.32 Å². The first-order valence-electron chi connectivity index (χ1n) is 5.68. The molecule has 0 radical (unpaired) electrons. The van der Waals surface area contributed by atoms with Crippen LogP contribution >= 0.6 is 16.1 Å². The molecular weight excluding hydrogens is 286 g/mol. The van der Waals surface area contributed by atoms with E-state index in [1.807, 2.05) is 37.1 Å². The quantitative estimate of drug-likeness (QED) is 0.639. The van der Waals surface area contributed by atoms with Gasteiger partial charge in [-0.1, -0.05) is 0 Å². The van der Waals surface area contributed by atoms with Crippen molar-refractivity contribution in [2.24, 2.45) is 0 Å². The molecule has 17 heavy (non-hydrogen) atoms. The van der Waals surface area contributed by atoms with Gasteiger partial charge in [0, 0.05) is 25.5 Å². The van der Waals surface area contributed by atoms with Crippen LogP contribution in [-0.4, -0.2) is 40.3 Å². The molecule has 1 aliphatic heterocycles. The molecule has 0 spiro atoms. The molecule has 1 aliphatic rings. The Labute approximate surface area is 111 Å². The van der Waals surface area contributed by atoms with E-state index in [2.05, 4.69) is 26.4 Å². The average molecular weight is 306 g/mol. The van der Waals surface area contributed by atoms with Crippen LogP contribution in [-0.2, 0) is 4.74 Å². The maximum Gasteiger partial charge on any atom is 0.407 e. The summed E-state index contributed by atoms with van der Waals surface area (Å²) in [6.07, 6.45) is 4.52. The molecule has 1 heterocycles. The number of halogens is 1. The third-order valence-electron chi connectivity index (χ3n) is 2.05. The van der Waals surface area contributed by atoms with Gasteiger partial charge in [-0.2, -0.15) is 0 Å². The largest absolute Gasteiger partial charge is 0.444 e. The standard InChI is InChI=1S/C11H20BrN3O2/c1-11(2,3)17-10(16)13-5-4-6-14-7-8-15(12)9-14/h7-8H,4-6,9H2,1-3H3,(H,13,16). The summed E-state index contributed by atoms with van der Waals surface area (Å²) in [5.41, 5.74) is -0.432. The fourth-order valence-corrected chi connectivity index (χ4v) is 1.76. The molecule has 0 saturated carbocycles. The van der Waals surface area contributed by atoms with Gasteiger partial charge in [-0.15, -0.1) is 0 Å². The van der Waals surface area contributed by atoms with Crippen molar-refractivity contribution in [3.63, 3.8) is 0 Å². The highest BCUT2D eigenvalue weighted by Crippen LogP contribution is 2.10. The van der Waals surface area contributed by atoms with Gasteiger partial charge in [0.1, 0.15) is 12.3 Å². The summed E-state index contributed by atoms with van der Waals surface area (Å²) in [4.78, 5) is 13.5. The number of rotatable bonds is 4. The molecule has 0 saturated heterocycles. The van der Waals surface area contributed by atoms with Gasteiger partial charge >= 0.3 is 6.09 Å². The number of hydrogen-bond donors (Lipinski definition) is 1. The zero-order valence-corrected chi connectivity index (χ0v) is 12.2. The molecule has 0 aromatic heterocycles. The summed E-state index contributed by atoms with van der Waals surface area (Å²) < 4.78 is 7.06. The van der Waals surface area contributed by atoms with Crippen LogP contribution in [0.5, 0.6) is 0 Å². The smallest absolute Gasteiger partial charge is 0.407 e. The van der Waals surface area contributed by atoms with Gasteiger partial charge in [0.2, 0.25) is 0 Å². The highest BCUT2D eigenvalue weighted by Gasteiger charge is 2.15. The van der Waals surface area contributed by atoms with E-state index in [1.165, 1.54) is 0 Å². The fourth-order valence-electron chi connectivity index (χ4n) is 1.37. The number of ether oxygens (including phenoxy) is 1. The maximum absolute atomic E-state index is 11.3. The van der Waals surface area contributed by atoms with Gasteiger partial charge in [-0.05, 0) is 27.2 Å². The van der Waals surface area contributed by atoms with Crippen molar-refractivity contribution in [3.8, 4) is 0 Å². The topological polar surface area (TPSA) is 44.8 Å². The van der Waals surface area contributed by atoms with E-state index in [4.69, 9.17) is 4.74 Å². The normalized spacial score (nSPS) is 15.3. The van der Waals surface area contributed by atoms with E-state index >= 15 is 0 Å². The van der Waals surface area contributed by atoms with Crippen LogP contribution in [0.15, 0.2) is 12.4 Å². The predicted octanol–water partition coefficient (Wildman–Crippen LogP) is 2.26. The summed E-state index contributed by atoms with van der Waals surface area (Å²) in [5.74, 6) is 0. The number of alkyl carbamates (subject to hydrolysis) is 1. The monoisotopic (exact) mass is 305 g/mol. The molecule has 1 N–H and O–H groups in total. The summed E-state index contributed by atoms with van der Waals surface area (Å²) in [5, 5.41) is 2.74. The molecule has 0 unspecified atom stereocenters. The number of carbonyl (C=O) groups excluding carboxylic acids is 1. The molecule has 1 amide bonds. The molecule has 6 heteroatoms. The Balaban J connectivity index is 2.05. The van der Waals surface area contributed by atoms with Crippen molar-refractivity contribution >= 4 is 22.2 Å². The van der Waals surface area contributed by atoms with Crippen molar-refractivity contribution in [3.05, 3.63) is 12.4 Å². The molecular formula is C11H20BrN3O2. The number of amides is 1. The highest BCUT2D eigenvalue weighted by atomic mass is 79.9. The van der Waals surface area contributed by atoms with E-state index in [0.29, 0.717) is 6.54 Å². The first-order valence-corrected chi connectivity index (χ1v) is 6.39. The second-order valence-corrected chi connectivity index (χ2v) is 5.84. The maximum atomic E-state index is 11.3. The van der Waals surface area contributed by atoms with Crippen LogP contribution in [0.1, 0.15) is 27.2 Å². The lowest BCUT2D eigenvalue weighted by Gasteiger charge is -2.20. The Morgan fingerprint density at radius 2 is 2.18 bits per heavy atom. The average Bonchev–Trinajstić information content (AvgIpc) is 2.56. The van der Waals surface area contributed by atoms with Crippen molar-refractivity contribution in [1.29, 1.82) is 0 Å². The minimum atomic E-state index is -0.432. The zero-order chi connectivity index (χ0) is 12.9. The van der Waals surface area contributed by atoms with E-state index in [0.717, 1.165) is 19.6 Å². The van der Waals surface area contributed by atoms with E-state index in [9.17, 15) is 4.79 Å². The molecule has 0 bridgehead atoms. The zero-order valence-electron chi connectivity index (χ0n) is 10.6. The Hall–Kier alpha value is -0.910. The number of hydrogen-bond acceptors (Lipinski definition) is 4. The lowest BCUT2D eigenvalue weighted by atomic mass is 10.2. The Bertz CT molecular complexity index is 289. The van der Waals surface area contributed by atoms with E-state index in [1.54, 1.807) is 0 Å². The van der Waals surface area contributed by atoms with Crippen molar-refractivity contribution in [2.75, 3.05) is 19.8 Å².